The Morgan fingerprint density at radius 1 is 1.27 bits per heavy atom. The smallest absolute Gasteiger partial charge is 0.344 e. The van der Waals surface area contributed by atoms with Gasteiger partial charge in [-0.15, -0.1) is 0 Å². The third-order valence-corrected chi connectivity index (χ3v) is 3.85. The van der Waals surface area contributed by atoms with E-state index in [0.717, 1.165) is 5.56 Å². The van der Waals surface area contributed by atoms with Crippen molar-refractivity contribution in [3.8, 4) is 11.8 Å². The van der Waals surface area contributed by atoms with Gasteiger partial charge >= 0.3 is 5.97 Å². The SMILES string of the molecule is Cc1cc(OCC(=O)OC(C)C(=O)Nc2cccc(C#N)c2)ccc1Cl. The van der Waals surface area contributed by atoms with Gasteiger partial charge in [0.25, 0.3) is 5.91 Å². The molecular weight excluding hydrogens is 356 g/mol. The first-order valence-electron chi connectivity index (χ1n) is 7.78. The van der Waals surface area contributed by atoms with E-state index in [1.54, 1.807) is 36.4 Å². The Labute approximate surface area is 156 Å². The van der Waals surface area contributed by atoms with Crippen LogP contribution in [0.1, 0.15) is 18.1 Å². The number of benzene rings is 2. The summed E-state index contributed by atoms with van der Waals surface area (Å²) in [7, 11) is 0. The van der Waals surface area contributed by atoms with Gasteiger partial charge in [-0.05, 0) is 55.8 Å². The van der Waals surface area contributed by atoms with Gasteiger partial charge in [-0.3, -0.25) is 4.79 Å². The first-order chi connectivity index (χ1) is 12.4. The third-order valence-electron chi connectivity index (χ3n) is 3.42. The van der Waals surface area contributed by atoms with Crippen LogP contribution in [0.15, 0.2) is 42.5 Å². The first-order valence-corrected chi connectivity index (χ1v) is 8.16. The molecule has 0 saturated carbocycles. The number of esters is 1. The van der Waals surface area contributed by atoms with Crippen LogP contribution in [0.25, 0.3) is 0 Å². The van der Waals surface area contributed by atoms with Gasteiger partial charge in [0.2, 0.25) is 0 Å². The molecule has 0 aliphatic rings. The Hall–Kier alpha value is -3.04. The minimum Gasteiger partial charge on any atom is -0.482 e. The Morgan fingerprint density at radius 2 is 2.04 bits per heavy atom. The summed E-state index contributed by atoms with van der Waals surface area (Å²) in [6.07, 6.45) is -1.01. The summed E-state index contributed by atoms with van der Waals surface area (Å²) in [6.45, 7) is 2.94. The van der Waals surface area contributed by atoms with Crippen molar-refractivity contribution in [2.75, 3.05) is 11.9 Å². The zero-order valence-corrected chi connectivity index (χ0v) is 15.0. The van der Waals surface area contributed by atoms with Crippen LogP contribution in [0.5, 0.6) is 5.75 Å². The molecule has 0 aliphatic heterocycles. The number of anilines is 1. The monoisotopic (exact) mass is 372 g/mol. The summed E-state index contributed by atoms with van der Waals surface area (Å²) in [6, 6.07) is 13.4. The maximum Gasteiger partial charge on any atom is 0.344 e. The lowest BCUT2D eigenvalue weighted by Gasteiger charge is -2.14. The van der Waals surface area contributed by atoms with Crippen LogP contribution in [0.4, 0.5) is 5.69 Å². The molecule has 0 aromatic heterocycles. The predicted octanol–water partition coefficient (Wildman–Crippen LogP) is 3.47. The van der Waals surface area contributed by atoms with Crippen LogP contribution in [0.3, 0.4) is 0 Å². The number of nitriles is 1. The van der Waals surface area contributed by atoms with Crippen molar-refractivity contribution >= 4 is 29.2 Å². The molecule has 0 saturated heterocycles. The highest BCUT2D eigenvalue weighted by molar-refractivity contribution is 6.31. The van der Waals surface area contributed by atoms with E-state index in [-0.39, 0.29) is 6.61 Å². The van der Waals surface area contributed by atoms with E-state index in [0.29, 0.717) is 22.0 Å². The number of hydrogen-bond donors (Lipinski definition) is 1. The van der Waals surface area contributed by atoms with Gasteiger partial charge in [-0.25, -0.2) is 4.79 Å². The van der Waals surface area contributed by atoms with Gasteiger partial charge in [0.15, 0.2) is 12.7 Å². The molecule has 0 aliphatic carbocycles. The number of carbonyl (C=O) groups excluding carboxylic acids is 2. The maximum absolute atomic E-state index is 12.1. The minimum atomic E-state index is -1.01. The van der Waals surface area contributed by atoms with Gasteiger partial charge < -0.3 is 14.8 Å². The van der Waals surface area contributed by atoms with E-state index >= 15 is 0 Å². The van der Waals surface area contributed by atoms with E-state index in [1.165, 1.54) is 13.0 Å². The molecule has 6 nitrogen and oxygen atoms in total. The van der Waals surface area contributed by atoms with Crippen LogP contribution in [0, 0.1) is 18.3 Å². The van der Waals surface area contributed by atoms with Crippen LogP contribution in [0.2, 0.25) is 5.02 Å². The molecule has 7 heteroatoms. The lowest BCUT2D eigenvalue weighted by atomic mass is 10.2. The fourth-order valence-electron chi connectivity index (χ4n) is 2.04. The van der Waals surface area contributed by atoms with Gasteiger partial charge in [0, 0.05) is 10.7 Å². The second-order valence-corrected chi connectivity index (χ2v) is 5.92. The van der Waals surface area contributed by atoms with Crippen molar-refractivity contribution in [2.24, 2.45) is 0 Å². The summed E-state index contributed by atoms with van der Waals surface area (Å²) < 4.78 is 10.4. The van der Waals surface area contributed by atoms with Crippen LogP contribution >= 0.6 is 11.6 Å². The molecule has 0 bridgehead atoms. The van der Waals surface area contributed by atoms with E-state index < -0.39 is 18.0 Å². The van der Waals surface area contributed by atoms with Crippen molar-refractivity contribution < 1.29 is 19.1 Å². The van der Waals surface area contributed by atoms with Crippen molar-refractivity contribution in [1.82, 2.24) is 0 Å². The second kappa shape index (κ2) is 8.88. The van der Waals surface area contributed by atoms with Crippen LogP contribution in [-0.2, 0) is 14.3 Å². The van der Waals surface area contributed by atoms with Crippen molar-refractivity contribution in [3.63, 3.8) is 0 Å². The van der Waals surface area contributed by atoms with Crippen LogP contribution < -0.4 is 10.1 Å². The number of carbonyl (C=O) groups is 2. The molecule has 2 aromatic carbocycles. The minimum absolute atomic E-state index is 0.331. The van der Waals surface area contributed by atoms with Gasteiger partial charge in [-0.2, -0.15) is 5.26 Å². The fourth-order valence-corrected chi connectivity index (χ4v) is 2.16. The Kier molecular flexibility index (Phi) is 6.59. The van der Waals surface area contributed by atoms with E-state index in [1.807, 2.05) is 13.0 Å². The molecule has 1 N–H and O–H groups in total. The zero-order chi connectivity index (χ0) is 19.1. The summed E-state index contributed by atoms with van der Waals surface area (Å²) in [5.41, 5.74) is 1.69. The average Bonchev–Trinajstić information content (AvgIpc) is 2.62. The number of nitrogens with one attached hydrogen (secondary N) is 1. The largest absolute Gasteiger partial charge is 0.482 e. The molecule has 2 rings (SSSR count). The Morgan fingerprint density at radius 3 is 2.73 bits per heavy atom. The highest BCUT2D eigenvalue weighted by atomic mass is 35.5. The zero-order valence-electron chi connectivity index (χ0n) is 14.3. The highest BCUT2D eigenvalue weighted by Gasteiger charge is 2.18. The molecule has 0 fully saturated rings. The van der Waals surface area contributed by atoms with Gasteiger partial charge in [0.1, 0.15) is 5.75 Å². The van der Waals surface area contributed by atoms with E-state index in [4.69, 9.17) is 26.3 Å². The normalized spacial score (nSPS) is 11.2. The highest BCUT2D eigenvalue weighted by Crippen LogP contribution is 2.21. The number of rotatable bonds is 6. The number of nitrogens with zero attached hydrogens (tertiary/aromatic N) is 1. The van der Waals surface area contributed by atoms with Crippen molar-refractivity contribution in [1.29, 1.82) is 5.26 Å². The summed E-state index contributed by atoms with van der Waals surface area (Å²) in [5.74, 6) is -0.698. The standard InChI is InChI=1S/C19H17ClN2O4/c1-12-8-16(6-7-17(12)20)25-11-18(23)26-13(2)19(24)22-15-5-3-4-14(9-15)10-21/h3-9,13H,11H2,1-2H3,(H,22,24). The Bertz CT molecular complexity index is 861. The summed E-state index contributed by atoms with van der Waals surface area (Å²) in [5, 5.41) is 12.0. The lowest BCUT2D eigenvalue weighted by Crippen LogP contribution is -2.31. The molecule has 134 valence electrons. The maximum atomic E-state index is 12.1. The van der Waals surface area contributed by atoms with Gasteiger partial charge in [0.05, 0.1) is 11.6 Å². The number of hydrogen-bond acceptors (Lipinski definition) is 5. The second-order valence-electron chi connectivity index (χ2n) is 5.51. The molecule has 1 unspecified atom stereocenters. The molecule has 1 amide bonds. The molecule has 0 spiro atoms. The van der Waals surface area contributed by atoms with Crippen LogP contribution in [-0.4, -0.2) is 24.6 Å². The third kappa shape index (κ3) is 5.50. The quantitative estimate of drug-likeness (QED) is 0.784. The number of amides is 1. The number of aryl methyl sites for hydroxylation is 1. The average molecular weight is 373 g/mol. The van der Waals surface area contributed by atoms with Crippen molar-refractivity contribution in [3.05, 3.63) is 58.6 Å². The molecule has 0 heterocycles. The lowest BCUT2D eigenvalue weighted by molar-refractivity contribution is -0.155. The van der Waals surface area contributed by atoms with Gasteiger partial charge in [-0.1, -0.05) is 17.7 Å². The van der Waals surface area contributed by atoms with Crippen molar-refractivity contribution in [2.45, 2.75) is 20.0 Å². The van der Waals surface area contributed by atoms with E-state index in [9.17, 15) is 9.59 Å². The predicted molar refractivity (Wildman–Crippen MR) is 97.0 cm³/mol. The topological polar surface area (TPSA) is 88.4 Å². The molecule has 0 radical (unpaired) electrons. The molecule has 1 atom stereocenters. The summed E-state index contributed by atoms with van der Waals surface area (Å²) >= 11 is 5.92. The summed E-state index contributed by atoms with van der Waals surface area (Å²) in [4.78, 5) is 23.9. The number of halogens is 1. The Balaban J connectivity index is 1.84. The fraction of sp³-hybridized carbons (Fsp3) is 0.211. The molecular formula is C19H17ClN2O4. The number of ether oxygens (including phenoxy) is 2. The molecule has 2 aromatic rings. The first kappa shape index (κ1) is 19.3. The molecule has 26 heavy (non-hydrogen) atoms. The van der Waals surface area contributed by atoms with E-state index in [2.05, 4.69) is 5.32 Å².